The molecule has 0 spiro atoms. The van der Waals surface area contributed by atoms with Gasteiger partial charge in [0.1, 0.15) is 5.82 Å². The van der Waals surface area contributed by atoms with Gasteiger partial charge in [-0.05, 0) is 28.1 Å². The summed E-state index contributed by atoms with van der Waals surface area (Å²) < 4.78 is 18.4. The Morgan fingerprint density at radius 2 is 2.24 bits per heavy atom. The van der Waals surface area contributed by atoms with Gasteiger partial charge < -0.3 is 10.1 Å². The molecule has 0 aliphatic rings. The van der Waals surface area contributed by atoms with E-state index in [0.717, 1.165) is 0 Å². The van der Waals surface area contributed by atoms with Crippen LogP contribution in [0, 0.1) is 5.82 Å². The number of rotatable bonds is 6. The molecule has 0 unspecified atom stereocenters. The van der Waals surface area contributed by atoms with E-state index in [-0.39, 0.29) is 15.9 Å². The first-order valence-electron chi connectivity index (χ1n) is 5.02. The van der Waals surface area contributed by atoms with E-state index in [9.17, 15) is 9.18 Å². The average Bonchev–Trinajstić information content (AvgIpc) is 2.32. The zero-order chi connectivity index (χ0) is 12.7. The molecule has 0 fully saturated rings. The van der Waals surface area contributed by atoms with E-state index in [4.69, 9.17) is 16.3 Å². The third-order valence-electron chi connectivity index (χ3n) is 1.95. The molecule has 1 N–H and O–H groups in total. The number of amides is 1. The Kier molecular flexibility index (Phi) is 6.47. The largest absolute Gasteiger partial charge is 0.378 e. The first-order valence-corrected chi connectivity index (χ1v) is 6.35. The van der Waals surface area contributed by atoms with Crippen LogP contribution in [0.3, 0.4) is 0 Å². The topological polar surface area (TPSA) is 38.3 Å². The number of carbonyl (C=O) groups excluding carboxylic acids is 1. The Hall–Kier alpha value is -0.650. The van der Waals surface area contributed by atoms with Gasteiger partial charge in [0.05, 0.1) is 23.2 Å². The molecule has 0 aromatic heterocycles. The van der Waals surface area contributed by atoms with Crippen LogP contribution in [-0.4, -0.2) is 31.5 Å². The molecule has 0 saturated heterocycles. The first kappa shape index (κ1) is 14.4. The molecule has 0 atom stereocenters. The molecule has 0 bridgehead atoms. The fourth-order valence-corrected chi connectivity index (χ4v) is 1.72. The summed E-state index contributed by atoms with van der Waals surface area (Å²) in [6.07, 6.45) is 0. The molecule has 6 heteroatoms. The molecule has 0 aliphatic heterocycles. The molecule has 0 radical (unpaired) electrons. The van der Waals surface area contributed by atoms with Gasteiger partial charge in [-0.1, -0.05) is 6.07 Å². The van der Waals surface area contributed by atoms with E-state index in [1.165, 1.54) is 12.1 Å². The number of nitrogens with one attached hydrogen (secondary N) is 1. The van der Waals surface area contributed by atoms with Crippen LogP contribution < -0.4 is 5.32 Å². The van der Waals surface area contributed by atoms with Crippen molar-refractivity contribution in [3.05, 3.63) is 34.1 Å². The SMILES string of the molecule is O=C(NCCOCCCl)c1cccc(F)c1Br. The van der Waals surface area contributed by atoms with Crippen molar-refractivity contribution in [1.29, 1.82) is 0 Å². The van der Waals surface area contributed by atoms with Crippen molar-refractivity contribution in [2.45, 2.75) is 0 Å². The van der Waals surface area contributed by atoms with Crippen LogP contribution in [-0.2, 0) is 4.74 Å². The number of hydrogen-bond donors (Lipinski definition) is 1. The zero-order valence-electron chi connectivity index (χ0n) is 9.01. The van der Waals surface area contributed by atoms with Crippen molar-refractivity contribution < 1.29 is 13.9 Å². The highest BCUT2D eigenvalue weighted by Gasteiger charge is 2.12. The highest BCUT2D eigenvalue weighted by molar-refractivity contribution is 9.10. The van der Waals surface area contributed by atoms with E-state index >= 15 is 0 Å². The maximum atomic E-state index is 13.2. The van der Waals surface area contributed by atoms with Crippen LogP contribution in [0.5, 0.6) is 0 Å². The number of ether oxygens (including phenoxy) is 1. The lowest BCUT2D eigenvalue weighted by molar-refractivity contribution is 0.0922. The summed E-state index contributed by atoms with van der Waals surface area (Å²) in [5.41, 5.74) is 0.266. The quantitative estimate of drug-likeness (QED) is 0.645. The van der Waals surface area contributed by atoms with Gasteiger partial charge in [0.2, 0.25) is 0 Å². The standard InChI is InChI=1S/C11H12BrClFNO2/c12-10-8(2-1-3-9(10)14)11(16)15-5-7-17-6-4-13/h1-3H,4-7H2,(H,15,16). The summed E-state index contributed by atoms with van der Waals surface area (Å²) >= 11 is 8.45. The van der Waals surface area contributed by atoms with E-state index < -0.39 is 5.82 Å². The minimum Gasteiger partial charge on any atom is -0.378 e. The van der Waals surface area contributed by atoms with Crippen LogP contribution in [0.2, 0.25) is 0 Å². The van der Waals surface area contributed by atoms with Crippen molar-refractivity contribution in [3.8, 4) is 0 Å². The highest BCUT2D eigenvalue weighted by atomic mass is 79.9. The van der Waals surface area contributed by atoms with Crippen LogP contribution in [0.25, 0.3) is 0 Å². The normalized spacial score (nSPS) is 10.3. The van der Waals surface area contributed by atoms with Gasteiger partial charge in [-0.3, -0.25) is 4.79 Å². The van der Waals surface area contributed by atoms with Gasteiger partial charge in [0.15, 0.2) is 0 Å². The number of carbonyl (C=O) groups is 1. The maximum Gasteiger partial charge on any atom is 0.252 e. The predicted octanol–water partition coefficient (Wildman–Crippen LogP) is 2.57. The average molecular weight is 325 g/mol. The Labute approximate surface area is 112 Å². The van der Waals surface area contributed by atoms with Gasteiger partial charge in [-0.25, -0.2) is 4.39 Å². The third kappa shape index (κ3) is 4.61. The number of alkyl halides is 1. The molecule has 3 nitrogen and oxygen atoms in total. The monoisotopic (exact) mass is 323 g/mol. The number of benzene rings is 1. The minimum atomic E-state index is -0.462. The fourth-order valence-electron chi connectivity index (χ4n) is 1.17. The smallest absolute Gasteiger partial charge is 0.252 e. The van der Waals surface area contributed by atoms with Gasteiger partial charge >= 0.3 is 0 Å². The summed E-state index contributed by atoms with van der Waals surface area (Å²) in [5.74, 6) is -0.384. The van der Waals surface area contributed by atoms with Crippen molar-refractivity contribution in [3.63, 3.8) is 0 Å². The van der Waals surface area contributed by atoms with Gasteiger partial charge in [-0.15, -0.1) is 11.6 Å². The van der Waals surface area contributed by atoms with Gasteiger partial charge in [0.25, 0.3) is 5.91 Å². The Balaban J connectivity index is 2.44. The van der Waals surface area contributed by atoms with Crippen LogP contribution in [0.4, 0.5) is 4.39 Å². The van der Waals surface area contributed by atoms with E-state index in [2.05, 4.69) is 21.2 Å². The summed E-state index contributed by atoms with van der Waals surface area (Å²) in [6, 6.07) is 4.31. The first-order chi connectivity index (χ1) is 8.16. The fraction of sp³-hybridized carbons (Fsp3) is 0.364. The lowest BCUT2D eigenvalue weighted by Crippen LogP contribution is -2.27. The number of halogens is 3. The molecule has 0 aliphatic carbocycles. The second kappa shape index (κ2) is 7.63. The van der Waals surface area contributed by atoms with Crippen molar-refractivity contribution in [1.82, 2.24) is 5.32 Å². The predicted molar refractivity (Wildman–Crippen MR) is 68.0 cm³/mol. The maximum absolute atomic E-state index is 13.2. The molecule has 0 heterocycles. The Morgan fingerprint density at radius 1 is 1.47 bits per heavy atom. The van der Waals surface area contributed by atoms with Crippen molar-refractivity contribution >= 4 is 33.4 Å². The van der Waals surface area contributed by atoms with E-state index in [0.29, 0.717) is 25.6 Å². The summed E-state index contributed by atoms with van der Waals surface area (Å²) in [6.45, 7) is 1.19. The van der Waals surface area contributed by atoms with E-state index in [1.807, 2.05) is 0 Å². The molecule has 94 valence electrons. The molecule has 1 rings (SSSR count). The van der Waals surface area contributed by atoms with Gasteiger partial charge in [-0.2, -0.15) is 0 Å². The minimum absolute atomic E-state index is 0.166. The zero-order valence-corrected chi connectivity index (χ0v) is 11.4. The van der Waals surface area contributed by atoms with Crippen LogP contribution in [0.1, 0.15) is 10.4 Å². The summed E-state index contributed by atoms with van der Waals surface area (Å²) in [4.78, 5) is 11.7. The third-order valence-corrected chi connectivity index (χ3v) is 2.91. The Morgan fingerprint density at radius 3 is 2.94 bits per heavy atom. The van der Waals surface area contributed by atoms with Crippen LogP contribution >= 0.6 is 27.5 Å². The molecule has 1 aromatic rings. The van der Waals surface area contributed by atoms with Crippen molar-refractivity contribution in [2.75, 3.05) is 25.6 Å². The Bertz CT molecular complexity index is 390. The van der Waals surface area contributed by atoms with E-state index in [1.54, 1.807) is 6.07 Å². The molecule has 17 heavy (non-hydrogen) atoms. The summed E-state index contributed by atoms with van der Waals surface area (Å²) in [7, 11) is 0. The second-order valence-electron chi connectivity index (χ2n) is 3.16. The lowest BCUT2D eigenvalue weighted by Gasteiger charge is -2.07. The number of hydrogen-bond acceptors (Lipinski definition) is 2. The molecular weight excluding hydrogens is 312 g/mol. The van der Waals surface area contributed by atoms with Crippen molar-refractivity contribution in [2.24, 2.45) is 0 Å². The lowest BCUT2D eigenvalue weighted by atomic mass is 10.2. The molecule has 0 saturated carbocycles. The van der Waals surface area contributed by atoms with Gasteiger partial charge in [0, 0.05) is 12.4 Å². The molecular formula is C11H12BrClFNO2. The highest BCUT2D eigenvalue weighted by Crippen LogP contribution is 2.19. The van der Waals surface area contributed by atoms with Crippen LogP contribution in [0.15, 0.2) is 22.7 Å². The second-order valence-corrected chi connectivity index (χ2v) is 4.33. The molecule has 1 amide bonds. The summed E-state index contributed by atoms with van der Waals surface area (Å²) in [5, 5.41) is 2.62. The molecule has 1 aromatic carbocycles.